The van der Waals surface area contributed by atoms with Crippen LogP contribution in [0.25, 0.3) is 0 Å². The highest BCUT2D eigenvalue weighted by atomic mass is 32.2. The lowest BCUT2D eigenvalue weighted by Gasteiger charge is -2.28. The van der Waals surface area contributed by atoms with Gasteiger partial charge in [0.25, 0.3) is 5.91 Å². The highest BCUT2D eigenvalue weighted by Gasteiger charge is 2.35. The molecule has 2 aromatic rings. The highest BCUT2D eigenvalue weighted by molar-refractivity contribution is 7.91. The fraction of sp³-hybridized carbons (Fsp3) is 0.368. The fourth-order valence-corrected chi connectivity index (χ4v) is 4.74. The standard InChI is InChI=1S/C19H21N3O5S/c1-14-9-21-17(10-20-14)19(24)27-12-18(23)22(11-15-5-3-2-4-6-15)16-7-8-28(25,26)13-16/h2-6,9-10,16H,7-8,11-13H2,1H3/t16-/m1/s1. The lowest BCUT2D eigenvalue weighted by Crippen LogP contribution is -2.42. The summed E-state index contributed by atoms with van der Waals surface area (Å²) < 4.78 is 28.8. The molecule has 1 amide bonds. The van der Waals surface area contributed by atoms with Gasteiger partial charge in [0.1, 0.15) is 0 Å². The van der Waals surface area contributed by atoms with Crippen LogP contribution in [0.1, 0.15) is 28.2 Å². The van der Waals surface area contributed by atoms with Crippen molar-refractivity contribution in [2.75, 3.05) is 18.1 Å². The maximum absolute atomic E-state index is 12.8. The summed E-state index contributed by atoms with van der Waals surface area (Å²) >= 11 is 0. The van der Waals surface area contributed by atoms with Crippen LogP contribution in [0.4, 0.5) is 0 Å². The van der Waals surface area contributed by atoms with Crippen LogP contribution >= 0.6 is 0 Å². The molecule has 0 N–H and O–H groups in total. The predicted molar refractivity (Wildman–Crippen MR) is 101 cm³/mol. The smallest absolute Gasteiger partial charge is 0.359 e. The minimum atomic E-state index is -3.16. The second-order valence-corrected chi connectivity index (χ2v) is 8.91. The summed E-state index contributed by atoms with van der Waals surface area (Å²) in [6.45, 7) is 1.50. The van der Waals surface area contributed by atoms with Crippen LogP contribution in [0.3, 0.4) is 0 Å². The maximum Gasteiger partial charge on any atom is 0.359 e. The van der Waals surface area contributed by atoms with Gasteiger partial charge in [-0.3, -0.25) is 9.78 Å². The van der Waals surface area contributed by atoms with Crippen molar-refractivity contribution in [3.05, 3.63) is 59.7 Å². The minimum Gasteiger partial charge on any atom is -0.451 e. The SMILES string of the molecule is Cc1cnc(C(=O)OCC(=O)N(Cc2ccccc2)[C@@H]2CCS(=O)(=O)C2)cn1. The summed E-state index contributed by atoms with van der Waals surface area (Å²) in [4.78, 5) is 34.2. The number of esters is 1. The number of hydrogen-bond acceptors (Lipinski definition) is 7. The van der Waals surface area contributed by atoms with E-state index in [2.05, 4.69) is 9.97 Å². The molecular weight excluding hydrogens is 382 g/mol. The zero-order valence-corrected chi connectivity index (χ0v) is 16.3. The molecule has 0 bridgehead atoms. The van der Waals surface area contributed by atoms with Crippen LogP contribution in [0.2, 0.25) is 0 Å². The van der Waals surface area contributed by atoms with E-state index in [9.17, 15) is 18.0 Å². The van der Waals surface area contributed by atoms with Gasteiger partial charge >= 0.3 is 5.97 Å². The zero-order chi connectivity index (χ0) is 20.1. The highest BCUT2D eigenvalue weighted by Crippen LogP contribution is 2.20. The average Bonchev–Trinajstić information content (AvgIpc) is 3.04. The van der Waals surface area contributed by atoms with E-state index in [1.54, 1.807) is 6.92 Å². The summed E-state index contributed by atoms with van der Waals surface area (Å²) in [6, 6.07) is 8.84. The first kappa shape index (κ1) is 19.9. The van der Waals surface area contributed by atoms with Gasteiger partial charge in [0.2, 0.25) is 0 Å². The summed E-state index contributed by atoms with van der Waals surface area (Å²) in [7, 11) is -3.16. The summed E-state index contributed by atoms with van der Waals surface area (Å²) in [6.07, 6.45) is 3.09. The van der Waals surface area contributed by atoms with Crippen LogP contribution in [0.15, 0.2) is 42.7 Å². The van der Waals surface area contributed by atoms with Crippen molar-refractivity contribution in [1.82, 2.24) is 14.9 Å². The maximum atomic E-state index is 12.8. The monoisotopic (exact) mass is 403 g/mol. The van der Waals surface area contributed by atoms with Crippen LogP contribution < -0.4 is 0 Å². The van der Waals surface area contributed by atoms with Gasteiger partial charge in [0.05, 0.1) is 23.4 Å². The number of carbonyl (C=O) groups excluding carboxylic acids is 2. The number of aromatic nitrogens is 2. The quantitative estimate of drug-likeness (QED) is 0.666. The van der Waals surface area contributed by atoms with E-state index >= 15 is 0 Å². The molecule has 9 heteroatoms. The van der Waals surface area contributed by atoms with Crippen LogP contribution in [-0.4, -0.2) is 59.3 Å². The van der Waals surface area contributed by atoms with E-state index in [4.69, 9.17) is 4.74 Å². The largest absolute Gasteiger partial charge is 0.451 e. The molecule has 28 heavy (non-hydrogen) atoms. The molecule has 1 aliphatic rings. The van der Waals surface area contributed by atoms with Gasteiger partial charge in [-0.1, -0.05) is 30.3 Å². The first-order chi connectivity index (χ1) is 13.3. The van der Waals surface area contributed by atoms with Crippen LogP contribution in [0.5, 0.6) is 0 Å². The molecule has 0 aliphatic carbocycles. The van der Waals surface area contributed by atoms with Gasteiger partial charge in [0, 0.05) is 18.8 Å². The summed E-state index contributed by atoms with van der Waals surface area (Å²) in [5.41, 5.74) is 1.54. The Kier molecular flexibility index (Phi) is 6.03. The molecule has 0 radical (unpaired) electrons. The summed E-state index contributed by atoms with van der Waals surface area (Å²) in [5, 5.41) is 0. The molecule has 1 aliphatic heterocycles. The Morgan fingerprint density at radius 1 is 1.18 bits per heavy atom. The van der Waals surface area contributed by atoms with Gasteiger partial charge in [-0.15, -0.1) is 0 Å². The lowest BCUT2D eigenvalue weighted by molar-refractivity contribution is -0.137. The Hall–Kier alpha value is -2.81. The Bertz CT molecular complexity index is 945. The number of aryl methyl sites for hydroxylation is 1. The molecule has 1 aromatic heterocycles. The van der Waals surface area contributed by atoms with Gasteiger partial charge in [-0.25, -0.2) is 18.2 Å². The van der Waals surface area contributed by atoms with E-state index in [1.807, 2.05) is 30.3 Å². The van der Waals surface area contributed by atoms with Gasteiger partial charge in [-0.05, 0) is 18.9 Å². The number of carbonyl (C=O) groups is 2. The van der Waals surface area contributed by atoms with Gasteiger partial charge in [0.15, 0.2) is 22.1 Å². The molecule has 0 spiro atoms. The molecule has 1 saturated heterocycles. The topological polar surface area (TPSA) is 107 Å². The van der Waals surface area contributed by atoms with Crippen LogP contribution in [0, 0.1) is 6.92 Å². The number of hydrogen-bond donors (Lipinski definition) is 0. The molecule has 2 heterocycles. The Morgan fingerprint density at radius 3 is 2.54 bits per heavy atom. The lowest BCUT2D eigenvalue weighted by atomic mass is 10.1. The van der Waals surface area contributed by atoms with Crippen molar-refractivity contribution < 1.29 is 22.7 Å². The Balaban J connectivity index is 1.69. The van der Waals surface area contributed by atoms with Crippen molar-refractivity contribution >= 4 is 21.7 Å². The molecule has 8 nitrogen and oxygen atoms in total. The number of nitrogens with zero attached hydrogens (tertiary/aromatic N) is 3. The van der Waals surface area contributed by atoms with Gasteiger partial charge < -0.3 is 9.64 Å². The second-order valence-electron chi connectivity index (χ2n) is 6.68. The summed E-state index contributed by atoms with van der Waals surface area (Å²) in [5.74, 6) is -1.23. The molecule has 0 saturated carbocycles. The Labute approximate surface area is 163 Å². The van der Waals surface area contributed by atoms with Crippen LogP contribution in [-0.2, 0) is 25.9 Å². The molecule has 1 aromatic carbocycles. The van der Waals surface area contributed by atoms with E-state index in [-0.39, 0.29) is 23.7 Å². The van der Waals surface area contributed by atoms with Crippen molar-refractivity contribution in [2.45, 2.75) is 25.9 Å². The number of rotatable bonds is 6. The number of sulfone groups is 1. The Morgan fingerprint density at radius 2 is 1.93 bits per heavy atom. The predicted octanol–water partition coefficient (Wildman–Crippen LogP) is 1.16. The first-order valence-electron chi connectivity index (χ1n) is 8.84. The zero-order valence-electron chi connectivity index (χ0n) is 15.4. The van der Waals surface area contributed by atoms with E-state index < -0.39 is 34.4 Å². The second kappa shape index (κ2) is 8.47. The average molecular weight is 403 g/mol. The van der Waals surface area contributed by atoms with Crippen molar-refractivity contribution in [3.8, 4) is 0 Å². The third kappa shape index (κ3) is 5.13. The molecule has 3 rings (SSSR count). The van der Waals surface area contributed by atoms with Crippen molar-refractivity contribution in [1.29, 1.82) is 0 Å². The third-order valence-electron chi connectivity index (χ3n) is 4.48. The number of ether oxygens (including phenoxy) is 1. The molecule has 0 unspecified atom stereocenters. The van der Waals surface area contributed by atoms with E-state index in [1.165, 1.54) is 17.3 Å². The number of benzene rings is 1. The van der Waals surface area contributed by atoms with Crippen molar-refractivity contribution in [2.24, 2.45) is 0 Å². The normalized spacial score (nSPS) is 17.8. The first-order valence-corrected chi connectivity index (χ1v) is 10.7. The van der Waals surface area contributed by atoms with E-state index in [0.29, 0.717) is 12.1 Å². The third-order valence-corrected chi connectivity index (χ3v) is 6.23. The molecule has 148 valence electrons. The van der Waals surface area contributed by atoms with E-state index in [0.717, 1.165) is 5.56 Å². The van der Waals surface area contributed by atoms with Gasteiger partial charge in [-0.2, -0.15) is 0 Å². The molecule has 1 fully saturated rings. The molecular formula is C19H21N3O5S. The van der Waals surface area contributed by atoms with Crippen molar-refractivity contribution in [3.63, 3.8) is 0 Å². The number of amides is 1. The minimum absolute atomic E-state index is 0.0106. The molecule has 1 atom stereocenters. The fourth-order valence-electron chi connectivity index (χ4n) is 3.00.